The molecule has 1 heterocycles. The van der Waals surface area contributed by atoms with Gasteiger partial charge in [-0.1, -0.05) is 48.5 Å². The van der Waals surface area contributed by atoms with E-state index in [2.05, 4.69) is 46.8 Å². The maximum absolute atomic E-state index is 5.95. The van der Waals surface area contributed by atoms with E-state index in [-0.39, 0.29) is 6.10 Å². The van der Waals surface area contributed by atoms with Crippen LogP contribution in [0.2, 0.25) is 0 Å². The third kappa shape index (κ3) is 4.25. The zero-order chi connectivity index (χ0) is 15.9. The van der Waals surface area contributed by atoms with Gasteiger partial charge in [-0.25, -0.2) is 4.99 Å². The Morgan fingerprint density at radius 2 is 1.87 bits per heavy atom. The van der Waals surface area contributed by atoms with Crippen LogP contribution in [0.5, 0.6) is 5.75 Å². The average Bonchev–Trinajstić information content (AvgIpc) is 3.01. The maximum Gasteiger partial charge on any atom is 0.191 e. The van der Waals surface area contributed by atoms with Gasteiger partial charge in [0.1, 0.15) is 11.9 Å². The fraction of sp³-hybridized carbons (Fsp3) is 0.316. The van der Waals surface area contributed by atoms with Gasteiger partial charge in [0, 0.05) is 13.0 Å². The van der Waals surface area contributed by atoms with Gasteiger partial charge in [-0.2, -0.15) is 0 Å². The van der Waals surface area contributed by atoms with Gasteiger partial charge in [0.05, 0.1) is 13.1 Å². The van der Waals surface area contributed by atoms with Crippen LogP contribution in [0.25, 0.3) is 0 Å². The predicted octanol–water partition coefficient (Wildman–Crippen LogP) is 2.75. The molecule has 1 unspecified atom stereocenters. The van der Waals surface area contributed by atoms with Gasteiger partial charge in [0.25, 0.3) is 0 Å². The fourth-order valence-corrected chi connectivity index (χ4v) is 2.67. The van der Waals surface area contributed by atoms with E-state index in [1.54, 1.807) is 0 Å². The smallest absolute Gasteiger partial charge is 0.191 e. The number of aliphatic imine (C=N–C) groups is 1. The van der Waals surface area contributed by atoms with Gasteiger partial charge >= 0.3 is 0 Å². The van der Waals surface area contributed by atoms with Crippen LogP contribution < -0.4 is 15.4 Å². The van der Waals surface area contributed by atoms with Crippen LogP contribution in [0.1, 0.15) is 18.1 Å². The van der Waals surface area contributed by atoms with Crippen LogP contribution in [-0.2, 0) is 13.0 Å². The number of guanidine groups is 1. The molecule has 0 saturated heterocycles. The SMILES string of the molecule is CCNC(=NCc1ccccc1)NCC1Cc2ccccc2O1. The van der Waals surface area contributed by atoms with Crippen molar-refractivity contribution in [1.29, 1.82) is 0 Å². The molecule has 1 aliphatic rings. The van der Waals surface area contributed by atoms with E-state index in [1.165, 1.54) is 11.1 Å². The Morgan fingerprint density at radius 3 is 2.65 bits per heavy atom. The van der Waals surface area contributed by atoms with Crippen LogP contribution >= 0.6 is 0 Å². The highest BCUT2D eigenvalue weighted by molar-refractivity contribution is 5.79. The molecule has 1 aliphatic heterocycles. The molecule has 0 spiro atoms. The Morgan fingerprint density at radius 1 is 1.09 bits per heavy atom. The lowest BCUT2D eigenvalue weighted by Gasteiger charge is -2.15. The summed E-state index contributed by atoms with van der Waals surface area (Å²) in [5.74, 6) is 1.83. The summed E-state index contributed by atoms with van der Waals surface area (Å²) in [7, 11) is 0. The summed E-state index contributed by atoms with van der Waals surface area (Å²) in [6.07, 6.45) is 1.11. The molecule has 2 aromatic rings. The topological polar surface area (TPSA) is 45.7 Å². The lowest BCUT2D eigenvalue weighted by molar-refractivity contribution is 0.235. The molecule has 2 N–H and O–H groups in total. The highest BCUT2D eigenvalue weighted by atomic mass is 16.5. The van der Waals surface area contributed by atoms with Crippen LogP contribution in [0.4, 0.5) is 0 Å². The van der Waals surface area contributed by atoms with E-state index in [0.717, 1.165) is 31.2 Å². The molecule has 0 aliphatic carbocycles. The minimum Gasteiger partial charge on any atom is -0.488 e. The van der Waals surface area contributed by atoms with Crippen molar-refractivity contribution >= 4 is 5.96 Å². The van der Waals surface area contributed by atoms with Gasteiger partial charge in [0.15, 0.2) is 5.96 Å². The van der Waals surface area contributed by atoms with E-state index < -0.39 is 0 Å². The standard InChI is InChI=1S/C19H23N3O/c1-2-20-19(21-13-15-8-4-3-5-9-15)22-14-17-12-16-10-6-7-11-18(16)23-17/h3-11,17H,2,12-14H2,1H3,(H2,20,21,22). The molecule has 0 fully saturated rings. The number of benzene rings is 2. The van der Waals surface area contributed by atoms with Crippen molar-refractivity contribution in [2.24, 2.45) is 4.99 Å². The zero-order valence-corrected chi connectivity index (χ0v) is 13.5. The van der Waals surface area contributed by atoms with Crippen molar-refractivity contribution in [2.45, 2.75) is 26.0 Å². The third-order valence-electron chi connectivity index (χ3n) is 3.82. The summed E-state index contributed by atoms with van der Waals surface area (Å²) in [5, 5.41) is 6.66. The molecule has 4 heteroatoms. The van der Waals surface area contributed by atoms with Crippen LogP contribution in [0, 0.1) is 0 Å². The van der Waals surface area contributed by atoms with E-state index in [9.17, 15) is 0 Å². The van der Waals surface area contributed by atoms with E-state index >= 15 is 0 Å². The lowest BCUT2D eigenvalue weighted by Crippen LogP contribution is -2.42. The Labute approximate surface area is 137 Å². The minimum absolute atomic E-state index is 0.160. The van der Waals surface area contributed by atoms with Crippen LogP contribution in [0.3, 0.4) is 0 Å². The van der Waals surface area contributed by atoms with Crippen molar-refractivity contribution in [1.82, 2.24) is 10.6 Å². The van der Waals surface area contributed by atoms with Gasteiger partial charge in [-0.05, 0) is 24.1 Å². The van der Waals surface area contributed by atoms with Crippen molar-refractivity contribution in [3.63, 3.8) is 0 Å². The number of ether oxygens (including phenoxy) is 1. The number of nitrogens with one attached hydrogen (secondary N) is 2. The molecule has 0 radical (unpaired) electrons. The lowest BCUT2D eigenvalue weighted by atomic mass is 10.1. The van der Waals surface area contributed by atoms with Gasteiger partial charge in [-0.3, -0.25) is 0 Å². The molecule has 4 nitrogen and oxygen atoms in total. The number of nitrogens with zero attached hydrogens (tertiary/aromatic N) is 1. The highest BCUT2D eigenvalue weighted by Gasteiger charge is 2.22. The first-order valence-electron chi connectivity index (χ1n) is 8.16. The van der Waals surface area contributed by atoms with E-state index in [1.807, 2.05) is 30.3 Å². The highest BCUT2D eigenvalue weighted by Crippen LogP contribution is 2.27. The second kappa shape index (κ2) is 7.68. The molecule has 2 aromatic carbocycles. The Bertz CT molecular complexity index is 630. The molecular formula is C19H23N3O. The first kappa shape index (κ1) is 15.4. The molecular weight excluding hydrogens is 286 g/mol. The van der Waals surface area contributed by atoms with Gasteiger partial charge < -0.3 is 15.4 Å². The zero-order valence-electron chi connectivity index (χ0n) is 13.5. The first-order valence-corrected chi connectivity index (χ1v) is 8.16. The molecule has 3 rings (SSSR count). The molecule has 0 bridgehead atoms. The van der Waals surface area contributed by atoms with E-state index in [4.69, 9.17) is 4.74 Å². The number of hydrogen-bond donors (Lipinski definition) is 2. The van der Waals surface area contributed by atoms with Gasteiger partial charge in [-0.15, -0.1) is 0 Å². The fourth-order valence-electron chi connectivity index (χ4n) is 2.67. The third-order valence-corrected chi connectivity index (χ3v) is 3.82. The average molecular weight is 309 g/mol. The molecule has 23 heavy (non-hydrogen) atoms. The number of rotatable bonds is 5. The predicted molar refractivity (Wildman–Crippen MR) is 93.8 cm³/mol. The van der Waals surface area contributed by atoms with Crippen molar-refractivity contribution in [2.75, 3.05) is 13.1 Å². The Kier molecular flexibility index (Phi) is 5.14. The number of fused-ring (bicyclic) bond motifs is 1. The molecule has 1 atom stereocenters. The molecule has 0 saturated carbocycles. The monoisotopic (exact) mass is 309 g/mol. The first-order chi connectivity index (χ1) is 11.3. The normalized spacial score (nSPS) is 16.6. The summed E-state index contributed by atoms with van der Waals surface area (Å²) >= 11 is 0. The van der Waals surface area contributed by atoms with E-state index in [0.29, 0.717) is 6.54 Å². The second-order valence-corrected chi connectivity index (χ2v) is 5.61. The van der Waals surface area contributed by atoms with Crippen molar-refractivity contribution < 1.29 is 4.74 Å². The maximum atomic E-state index is 5.95. The molecule has 0 aromatic heterocycles. The van der Waals surface area contributed by atoms with Crippen molar-refractivity contribution in [3.05, 3.63) is 65.7 Å². The van der Waals surface area contributed by atoms with Crippen molar-refractivity contribution in [3.8, 4) is 5.75 Å². The molecule has 0 amide bonds. The summed E-state index contributed by atoms with van der Waals surface area (Å²) < 4.78 is 5.95. The number of hydrogen-bond acceptors (Lipinski definition) is 2. The summed E-state index contributed by atoms with van der Waals surface area (Å²) in [5.41, 5.74) is 2.49. The van der Waals surface area contributed by atoms with Crippen LogP contribution in [-0.4, -0.2) is 25.2 Å². The molecule has 120 valence electrons. The van der Waals surface area contributed by atoms with Gasteiger partial charge in [0.2, 0.25) is 0 Å². The Balaban J connectivity index is 1.54. The summed E-state index contributed by atoms with van der Waals surface area (Å²) in [6.45, 7) is 4.32. The summed E-state index contributed by atoms with van der Waals surface area (Å²) in [4.78, 5) is 4.63. The van der Waals surface area contributed by atoms with Crippen LogP contribution in [0.15, 0.2) is 59.6 Å². The summed E-state index contributed by atoms with van der Waals surface area (Å²) in [6, 6.07) is 18.5. The quantitative estimate of drug-likeness (QED) is 0.659. The second-order valence-electron chi connectivity index (χ2n) is 5.61. The Hall–Kier alpha value is -2.49. The largest absolute Gasteiger partial charge is 0.488 e. The number of para-hydroxylation sites is 1. The minimum atomic E-state index is 0.160.